The van der Waals surface area contributed by atoms with E-state index in [4.69, 9.17) is 4.74 Å². The second-order valence-electron chi connectivity index (χ2n) is 8.28. The third-order valence-corrected chi connectivity index (χ3v) is 6.24. The Bertz CT molecular complexity index is 1010. The SMILES string of the molecule is FC(F)Cn1ccc2c(OC3CCN(Cc4nnc5n4CCCC5)CC3)cccc21. The van der Waals surface area contributed by atoms with E-state index >= 15 is 0 Å². The van der Waals surface area contributed by atoms with Crippen LogP contribution >= 0.6 is 0 Å². The van der Waals surface area contributed by atoms with Crippen LogP contribution in [-0.2, 0) is 26.1 Å². The summed E-state index contributed by atoms with van der Waals surface area (Å²) in [7, 11) is 0. The van der Waals surface area contributed by atoms with Crippen molar-refractivity contribution in [1.29, 1.82) is 0 Å². The van der Waals surface area contributed by atoms with Gasteiger partial charge in [-0.2, -0.15) is 0 Å². The number of benzene rings is 1. The summed E-state index contributed by atoms with van der Waals surface area (Å²) in [5, 5.41) is 9.67. The third-order valence-electron chi connectivity index (χ3n) is 6.24. The van der Waals surface area contributed by atoms with Crippen molar-refractivity contribution in [2.75, 3.05) is 13.1 Å². The molecule has 0 unspecified atom stereocenters. The predicted octanol–water partition coefficient (Wildman–Crippen LogP) is 3.88. The maximum absolute atomic E-state index is 12.8. The van der Waals surface area contributed by atoms with E-state index < -0.39 is 6.43 Å². The van der Waals surface area contributed by atoms with E-state index in [9.17, 15) is 8.78 Å². The number of piperidine rings is 1. The summed E-state index contributed by atoms with van der Waals surface area (Å²) in [4.78, 5) is 2.42. The fourth-order valence-corrected chi connectivity index (χ4v) is 4.66. The molecule has 0 aliphatic carbocycles. The van der Waals surface area contributed by atoms with Crippen LogP contribution in [0, 0.1) is 0 Å². The summed E-state index contributed by atoms with van der Waals surface area (Å²) in [6, 6.07) is 7.55. The second-order valence-corrected chi connectivity index (χ2v) is 8.28. The molecule has 30 heavy (non-hydrogen) atoms. The van der Waals surface area contributed by atoms with Gasteiger partial charge in [-0.1, -0.05) is 6.07 Å². The van der Waals surface area contributed by atoms with Crippen LogP contribution < -0.4 is 4.74 Å². The lowest BCUT2D eigenvalue weighted by atomic mass is 10.1. The van der Waals surface area contributed by atoms with Gasteiger partial charge in [0.1, 0.15) is 23.5 Å². The Kier molecular flexibility index (Phi) is 5.41. The van der Waals surface area contributed by atoms with Gasteiger partial charge >= 0.3 is 0 Å². The highest BCUT2D eigenvalue weighted by atomic mass is 19.3. The first-order chi connectivity index (χ1) is 14.7. The molecule has 0 saturated carbocycles. The van der Waals surface area contributed by atoms with Gasteiger partial charge in [-0.25, -0.2) is 8.78 Å². The summed E-state index contributed by atoms with van der Waals surface area (Å²) in [6.07, 6.45) is 4.81. The molecule has 0 N–H and O–H groups in total. The first kappa shape index (κ1) is 19.5. The molecule has 5 rings (SSSR count). The van der Waals surface area contributed by atoms with E-state index in [-0.39, 0.29) is 12.6 Å². The Balaban J connectivity index is 1.20. The van der Waals surface area contributed by atoms with Gasteiger partial charge in [0.05, 0.1) is 18.6 Å². The van der Waals surface area contributed by atoms with Gasteiger partial charge in [-0.15, -0.1) is 10.2 Å². The fourth-order valence-electron chi connectivity index (χ4n) is 4.66. The van der Waals surface area contributed by atoms with E-state index in [2.05, 4.69) is 19.7 Å². The average Bonchev–Trinajstić information content (AvgIpc) is 3.34. The van der Waals surface area contributed by atoms with Crippen LogP contribution in [0.15, 0.2) is 30.5 Å². The summed E-state index contributed by atoms with van der Waals surface area (Å²) >= 11 is 0. The molecular weight excluding hydrogens is 388 g/mol. The van der Waals surface area contributed by atoms with E-state index in [1.807, 2.05) is 24.3 Å². The topological polar surface area (TPSA) is 48.1 Å². The number of halogens is 2. The van der Waals surface area contributed by atoms with Crippen LogP contribution in [0.1, 0.15) is 37.3 Å². The highest BCUT2D eigenvalue weighted by Crippen LogP contribution is 2.30. The molecular formula is C22H27F2N5O. The number of likely N-dealkylation sites (tertiary alicyclic amines) is 1. The molecule has 3 aromatic rings. The zero-order valence-electron chi connectivity index (χ0n) is 17.0. The van der Waals surface area contributed by atoms with Gasteiger partial charge in [-0.3, -0.25) is 4.90 Å². The summed E-state index contributed by atoms with van der Waals surface area (Å²) in [5.74, 6) is 2.99. The van der Waals surface area contributed by atoms with Crippen LogP contribution in [-0.4, -0.2) is 49.9 Å². The Labute approximate surface area is 174 Å². The lowest BCUT2D eigenvalue weighted by molar-refractivity contribution is 0.0956. The molecule has 2 aliphatic rings. The Hall–Kier alpha value is -2.48. The molecule has 160 valence electrons. The summed E-state index contributed by atoms with van der Waals surface area (Å²) < 4.78 is 35.8. The molecule has 1 saturated heterocycles. The predicted molar refractivity (Wildman–Crippen MR) is 110 cm³/mol. The molecule has 0 atom stereocenters. The van der Waals surface area contributed by atoms with Crippen molar-refractivity contribution >= 4 is 10.9 Å². The van der Waals surface area contributed by atoms with E-state index in [1.165, 1.54) is 12.8 Å². The number of ether oxygens (including phenoxy) is 1. The zero-order chi connectivity index (χ0) is 20.5. The Morgan fingerprint density at radius 1 is 1.07 bits per heavy atom. The summed E-state index contributed by atoms with van der Waals surface area (Å²) in [6.45, 7) is 3.49. The fraction of sp³-hybridized carbons (Fsp3) is 0.545. The molecule has 0 amide bonds. The second kappa shape index (κ2) is 8.34. The van der Waals surface area contributed by atoms with Crippen LogP contribution in [0.3, 0.4) is 0 Å². The normalized spacial score (nSPS) is 18.2. The van der Waals surface area contributed by atoms with Crippen LogP contribution in [0.2, 0.25) is 0 Å². The van der Waals surface area contributed by atoms with Crippen molar-refractivity contribution in [3.63, 3.8) is 0 Å². The first-order valence-corrected chi connectivity index (χ1v) is 10.8. The number of alkyl halides is 2. The molecule has 4 heterocycles. The largest absolute Gasteiger partial charge is 0.490 e. The zero-order valence-corrected chi connectivity index (χ0v) is 17.0. The molecule has 0 radical (unpaired) electrons. The van der Waals surface area contributed by atoms with Crippen molar-refractivity contribution in [3.05, 3.63) is 42.1 Å². The maximum Gasteiger partial charge on any atom is 0.256 e. The number of aryl methyl sites for hydroxylation is 1. The first-order valence-electron chi connectivity index (χ1n) is 10.8. The molecule has 2 aliphatic heterocycles. The van der Waals surface area contributed by atoms with Gasteiger partial charge in [0.25, 0.3) is 6.43 Å². The number of hydrogen-bond donors (Lipinski definition) is 0. The van der Waals surface area contributed by atoms with Crippen LogP contribution in [0.5, 0.6) is 5.75 Å². The maximum atomic E-state index is 12.8. The lowest BCUT2D eigenvalue weighted by Crippen LogP contribution is -2.38. The molecule has 1 aromatic carbocycles. The lowest BCUT2D eigenvalue weighted by Gasteiger charge is -2.32. The minimum atomic E-state index is -2.37. The van der Waals surface area contributed by atoms with Gasteiger partial charge in [0.15, 0.2) is 0 Å². The van der Waals surface area contributed by atoms with Gasteiger partial charge < -0.3 is 13.9 Å². The minimum Gasteiger partial charge on any atom is -0.490 e. The average molecular weight is 415 g/mol. The third kappa shape index (κ3) is 3.93. The Morgan fingerprint density at radius 3 is 2.77 bits per heavy atom. The quantitative estimate of drug-likeness (QED) is 0.613. The number of rotatable bonds is 6. The summed E-state index contributed by atoms with van der Waals surface area (Å²) in [5.41, 5.74) is 0.793. The molecule has 0 bridgehead atoms. The van der Waals surface area contributed by atoms with Crippen molar-refractivity contribution in [2.45, 2.75) is 64.3 Å². The van der Waals surface area contributed by atoms with E-state index in [0.29, 0.717) is 0 Å². The van der Waals surface area contributed by atoms with Gasteiger partial charge in [-0.05, 0) is 43.9 Å². The van der Waals surface area contributed by atoms with Crippen molar-refractivity contribution in [3.8, 4) is 5.75 Å². The number of nitrogens with zero attached hydrogens (tertiary/aromatic N) is 5. The number of hydrogen-bond acceptors (Lipinski definition) is 4. The van der Waals surface area contributed by atoms with Crippen molar-refractivity contribution < 1.29 is 13.5 Å². The van der Waals surface area contributed by atoms with Gasteiger partial charge in [0, 0.05) is 37.6 Å². The monoisotopic (exact) mass is 415 g/mol. The van der Waals surface area contributed by atoms with Crippen molar-refractivity contribution in [1.82, 2.24) is 24.2 Å². The molecule has 6 nitrogen and oxygen atoms in total. The molecule has 2 aromatic heterocycles. The van der Waals surface area contributed by atoms with Gasteiger partial charge in [0.2, 0.25) is 0 Å². The molecule has 1 fully saturated rings. The van der Waals surface area contributed by atoms with Crippen molar-refractivity contribution in [2.24, 2.45) is 0 Å². The number of aromatic nitrogens is 4. The molecule has 8 heteroatoms. The van der Waals surface area contributed by atoms with E-state index in [1.54, 1.807) is 10.8 Å². The highest BCUT2D eigenvalue weighted by Gasteiger charge is 2.24. The van der Waals surface area contributed by atoms with Crippen LogP contribution in [0.4, 0.5) is 8.78 Å². The number of fused-ring (bicyclic) bond motifs is 2. The van der Waals surface area contributed by atoms with Crippen LogP contribution in [0.25, 0.3) is 10.9 Å². The molecule has 0 spiro atoms. The smallest absolute Gasteiger partial charge is 0.256 e. The Morgan fingerprint density at radius 2 is 1.93 bits per heavy atom. The standard InChI is InChI=1S/C22H27F2N5O/c23-20(24)14-28-13-9-17-18(28)4-3-5-19(17)30-16-7-11-27(12-8-16)15-22-26-25-21-6-1-2-10-29(21)22/h3-5,9,13,16,20H,1-2,6-8,10-12,14-15H2. The highest BCUT2D eigenvalue weighted by molar-refractivity contribution is 5.86. The van der Waals surface area contributed by atoms with E-state index in [0.717, 1.165) is 73.7 Å². The minimum absolute atomic E-state index is 0.137.